The molecule has 0 spiro atoms. The predicted molar refractivity (Wildman–Crippen MR) is 47.1 cm³/mol. The molecule has 1 aliphatic heterocycles. The van der Waals surface area contributed by atoms with Crippen molar-refractivity contribution in [2.45, 2.75) is 45.2 Å². The van der Waals surface area contributed by atoms with E-state index in [-0.39, 0.29) is 0 Å². The van der Waals surface area contributed by atoms with Crippen LogP contribution in [0.2, 0.25) is 0 Å². The Kier molecular flexibility index (Phi) is 1.95. The molecule has 2 aliphatic rings. The second-order valence-electron chi connectivity index (χ2n) is 4.39. The minimum absolute atomic E-state index is 0.300. The van der Waals surface area contributed by atoms with Crippen molar-refractivity contribution in [3.8, 4) is 0 Å². The van der Waals surface area contributed by atoms with Crippen LogP contribution in [0.3, 0.4) is 0 Å². The van der Waals surface area contributed by atoms with Gasteiger partial charge in [0, 0.05) is 12.8 Å². The molecule has 0 radical (unpaired) electrons. The average molecular weight is 168 g/mol. The van der Waals surface area contributed by atoms with Gasteiger partial charge in [-0.15, -0.1) is 0 Å². The number of hydrogen-bond acceptors (Lipinski definition) is 1. The number of carbonyl (C=O) groups excluding carboxylic acids is 1. The lowest BCUT2D eigenvalue weighted by molar-refractivity contribution is -0.939. The van der Waals surface area contributed by atoms with E-state index in [1.54, 1.807) is 4.90 Å². The first-order chi connectivity index (χ1) is 5.70. The highest BCUT2D eigenvalue weighted by Crippen LogP contribution is 2.19. The zero-order chi connectivity index (χ0) is 8.72. The maximum atomic E-state index is 11.4. The Bertz CT molecular complexity index is 198. The summed E-state index contributed by atoms with van der Waals surface area (Å²) in [5.41, 5.74) is 0. The van der Waals surface area contributed by atoms with Crippen LogP contribution >= 0.6 is 0 Å². The Balaban J connectivity index is 2.03. The van der Waals surface area contributed by atoms with E-state index in [9.17, 15) is 4.79 Å². The molecule has 2 heteroatoms. The largest absolute Gasteiger partial charge is 0.329 e. The van der Waals surface area contributed by atoms with Crippen LogP contribution in [0.1, 0.15) is 33.1 Å². The van der Waals surface area contributed by atoms with Gasteiger partial charge in [0.25, 0.3) is 0 Å². The molecule has 1 saturated heterocycles. The Morgan fingerprint density at radius 2 is 2.00 bits per heavy atom. The van der Waals surface area contributed by atoms with Crippen LogP contribution in [0, 0.1) is 5.92 Å². The van der Waals surface area contributed by atoms with Crippen molar-refractivity contribution in [2.75, 3.05) is 6.54 Å². The van der Waals surface area contributed by atoms with Crippen LogP contribution in [0.5, 0.6) is 0 Å². The fourth-order valence-electron chi connectivity index (χ4n) is 2.35. The second kappa shape index (κ2) is 2.84. The lowest BCUT2D eigenvalue weighted by Crippen LogP contribution is -3.18. The van der Waals surface area contributed by atoms with Gasteiger partial charge >= 0.3 is 0 Å². The summed E-state index contributed by atoms with van der Waals surface area (Å²) in [5, 5.41) is 0. The third-order valence-corrected chi connectivity index (χ3v) is 3.60. The molecule has 0 aromatic heterocycles. The molecule has 12 heavy (non-hydrogen) atoms. The van der Waals surface area contributed by atoms with Crippen molar-refractivity contribution in [1.82, 2.24) is 0 Å². The van der Waals surface area contributed by atoms with Crippen molar-refractivity contribution in [2.24, 2.45) is 5.92 Å². The average Bonchev–Trinajstić information content (AvgIpc) is 2.84. The number of carbonyl (C=O) groups is 1. The quantitative estimate of drug-likeness (QED) is 0.586. The maximum Gasteiger partial charge on any atom is 0.147 e. The number of Topliss-reactive ketones (excluding diaryl/α,β-unsaturated/α-hetero) is 1. The number of quaternary nitrogens is 1. The van der Waals surface area contributed by atoms with Gasteiger partial charge in [0.15, 0.2) is 0 Å². The van der Waals surface area contributed by atoms with E-state index in [1.807, 2.05) is 0 Å². The summed E-state index contributed by atoms with van der Waals surface area (Å²) in [5.74, 6) is 0.779. The Morgan fingerprint density at radius 1 is 1.33 bits per heavy atom. The van der Waals surface area contributed by atoms with Gasteiger partial charge in [-0.1, -0.05) is 0 Å². The topological polar surface area (TPSA) is 21.5 Å². The van der Waals surface area contributed by atoms with Crippen LogP contribution in [0.4, 0.5) is 0 Å². The molecule has 1 unspecified atom stereocenters. The highest BCUT2D eigenvalue weighted by atomic mass is 16.1. The van der Waals surface area contributed by atoms with Crippen molar-refractivity contribution < 1.29 is 9.69 Å². The lowest BCUT2D eigenvalue weighted by atomic mass is 9.90. The van der Waals surface area contributed by atoms with E-state index in [0.717, 1.165) is 19.0 Å². The number of hydrogen-bond donors (Lipinski definition) is 1. The molecule has 2 rings (SSSR count). The van der Waals surface area contributed by atoms with Gasteiger partial charge in [-0.05, 0) is 13.8 Å². The number of nitrogens with one attached hydrogen (secondary N) is 1. The normalized spacial score (nSPS) is 43.2. The Labute approximate surface area is 73.9 Å². The van der Waals surface area contributed by atoms with Crippen molar-refractivity contribution in [3.05, 3.63) is 0 Å². The third-order valence-electron chi connectivity index (χ3n) is 3.60. The fourth-order valence-corrected chi connectivity index (χ4v) is 2.35. The van der Waals surface area contributed by atoms with Crippen LogP contribution in [0.15, 0.2) is 0 Å². The van der Waals surface area contributed by atoms with Crippen LogP contribution in [-0.2, 0) is 4.79 Å². The first-order valence-corrected chi connectivity index (χ1v) is 5.08. The molecule has 1 saturated carbocycles. The molecular formula is C10H18NO+. The fraction of sp³-hybridized carbons (Fsp3) is 0.900. The highest BCUT2D eigenvalue weighted by Gasteiger charge is 2.42. The number of piperidine rings is 1. The monoisotopic (exact) mass is 168 g/mol. The van der Waals surface area contributed by atoms with E-state index in [4.69, 9.17) is 0 Å². The van der Waals surface area contributed by atoms with E-state index in [1.165, 1.54) is 12.8 Å². The molecule has 68 valence electrons. The summed E-state index contributed by atoms with van der Waals surface area (Å²) in [6.07, 6.45) is 3.60. The molecule has 1 heterocycles. The van der Waals surface area contributed by atoms with Crippen LogP contribution < -0.4 is 4.90 Å². The van der Waals surface area contributed by atoms with E-state index in [2.05, 4.69) is 13.8 Å². The molecule has 0 amide bonds. The first-order valence-electron chi connectivity index (χ1n) is 5.08. The second-order valence-corrected chi connectivity index (χ2v) is 4.39. The first kappa shape index (κ1) is 8.24. The van der Waals surface area contributed by atoms with Gasteiger partial charge in [-0.3, -0.25) is 4.79 Å². The van der Waals surface area contributed by atoms with Crippen molar-refractivity contribution >= 4 is 5.78 Å². The Morgan fingerprint density at radius 3 is 2.58 bits per heavy atom. The van der Waals surface area contributed by atoms with E-state index in [0.29, 0.717) is 17.7 Å². The smallest absolute Gasteiger partial charge is 0.147 e. The summed E-state index contributed by atoms with van der Waals surface area (Å²) in [7, 11) is 0. The SMILES string of the molecule is C[C@@H]1C(=O)CC[NH+](C2CC2)[C@H]1C. The van der Waals surface area contributed by atoms with Crippen molar-refractivity contribution in [3.63, 3.8) is 0 Å². The number of likely N-dealkylation sites (tertiary alicyclic amines) is 1. The summed E-state index contributed by atoms with van der Waals surface area (Å²) in [4.78, 5) is 13.1. The zero-order valence-corrected chi connectivity index (χ0v) is 7.97. The third kappa shape index (κ3) is 1.28. The molecule has 2 nitrogen and oxygen atoms in total. The van der Waals surface area contributed by atoms with Gasteiger partial charge in [0.05, 0.1) is 31.0 Å². The number of rotatable bonds is 1. The van der Waals surface area contributed by atoms with Gasteiger partial charge < -0.3 is 4.90 Å². The van der Waals surface area contributed by atoms with Gasteiger partial charge in [0.1, 0.15) is 5.78 Å². The highest BCUT2D eigenvalue weighted by molar-refractivity contribution is 5.81. The molecule has 2 fully saturated rings. The molecular weight excluding hydrogens is 150 g/mol. The summed E-state index contributed by atoms with van der Waals surface area (Å²) in [6, 6.07) is 1.47. The minimum atomic E-state index is 0.300. The molecule has 1 N–H and O–H groups in total. The van der Waals surface area contributed by atoms with Crippen molar-refractivity contribution in [1.29, 1.82) is 0 Å². The molecule has 3 atom stereocenters. The maximum absolute atomic E-state index is 11.4. The summed E-state index contributed by atoms with van der Waals surface area (Å²) < 4.78 is 0. The molecule has 0 aromatic carbocycles. The molecule has 0 bridgehead atoms. The van der Waals surface area contributed by atoms with Gasteiger partial charge in [0.2, 0.25) is 0 Å². The van der Waals surface area contributed by atoms with E-state index < -0.39 is 0 Å². The standard InChI is InChI=1S/C10H17NO/c1-7-8(2)11(9-3-4-9)6-5-10(7)12/h7-9H,3-6H2,1-2H3/p+1/t7-,8-/m0/s1. The lowest BCUT2D eigenvalue weighted by Gasteiger charge is -2.33. The summed E-state index contributed by atoms with van der Waals surface area (Å²) >= 11 is 0. The van der Waals surface area contributed by atoms with Crippen LogP contribution in [0.25, 0.3) is 0 Å². The molecule has 1 aliphatic carbocycles. The van der Waals surface area contributed by atoms with Gasteiger partial charge in [-0.25, -0.2) is 0 Å². The number of ketones is 1. The molecule has 0 aromatic rings. The zero-order valence-electron chi connectivity index (χ0n) is 7.97. The van der Waals surface area contributed by atoms with E-state index >= 15 is 0 Å². The van der Waals surface area contributed by atoms with Crippen LogP contribution in [-0.4, -0.2) is 24.4 Å². The predicted octanol–water partition coefficient (Wildman–Crippen LogP) is 0.0311. The van der Waals surface area contributed by atoms with Gasteiger partial charge in [-0.2, -0.15) is 0 Å². The minimum Gasteiger partial charge on any atom is -0.329 e. The summed E-state index contributed by atoms with van der Waals surface area (Å²) in [6.45, 7) is 5.42. The Hall–Kier alpha value is -0.370.